The van der Waals surface area contributed by atoms with Crippen LogP contribution >= 0.6 is 0 Å². The Morgan fingerprint density at radius 3 is 2.12 bits per heavy atom. The van der Waals surface area contributed by atoms with Gasteiger partial charge in [-0.15, -0.1) is 0 Å². The van der Waals surface area contributed by atoms with Gasteiger partial charge in [0.25, 0.3) is 0 Å². The SMILES string of the molecule is CC(C)(C)OC(=O)N(CC(=O)O)C12CC3CC(CC(O)(C3)C1)C2.NC(=O)[C@@H]1CC2CC2N1. The third-order valence-electron chi connectivity index (χ3n) is 7.70. The number of carbonyl (C=O) groups is 3. The van der Waals surface area contributed by atoms with Gasteiger partial charge < -0.3 is 26.0 Å². The first kappa shape index (κ1) is 23.3. The van der Waals surface area contributed by atoms with Crippen LogP contribution in [0.5, 0.6) is 0 Å². The van der Waals surface area contributed by atoms with E-state index < -0.39 is 28.8 Å². The molecule has 1 aliphatic heterocycles. The van der Waals surface area contributed by atoms with Crippen LogP contribution in [-0.4, -0.2) is 68.5 Å². The average molecular weight is 452 g/mol. The van der Waals surface area contributed by atoms with Crippen LogP contribution in [-0.2, 0) is 14.3 Å². The smallest absolute Gasteiger partial charge is 0.411 e. The molecule has 4 unspecified atom stereocenters. The van der Waals surface area contributed by atoms with Crippen molar-refractivity contribution in [2.75, 3.05) is 6.54 Å². The lowest BCUT2D eigenvalue weighted by molar-refractivity contribution is -0.176. The van der Waals surface area contributed by atoms with Gasteiger partial charge in [0.05, 0.1) is 17.2 Å². The minimum Gasteiger partial charge on any atom is -0.480 e. The zero-order valence-electron chi connectivity index (χ0n) is 19.3. The fraction of sp³-hybridized carbons (Fsp3) is 0.870. The largest absolute Gasteiger partial charge is 0.480 e. The van der Waals surface area contributed by atoms with E-state index in [0.29, 0.717) is 24.3 Å². The molecule has 0 aromatic rings. The van der Waals surface area contributed by atoms with Gasteiger partial charge in [-0.3, -0.25) is 14.5 Å². The predicted molar refractivity (Wildman–Crippen MR) is 116 cm³/mol. The summed E-state index contributed by atoms with van der Waals surface area (Å²) in [4.78, 5) is 35.9. The van der Waals surface area contributed by atoms with Crippen molar-refractivity contribution >= 4 is 18.0 Å². The van der Waals surface area contributed by atoms with Crippen LogP contribution in [0.1, 0.15) is 72.1 Å². The van der Waals surface area contributed by atoms with Gasteiger partial charge in [-0.1, -0.05) is 0 Å². The highest BCUT2D eigenvalue weighted by Gasteiger charge is 2.60. The number of nitrogens with one attached hydrogen (secondary N) is 1. The highest BCUT2D eigenvalue weighted by Crippen LogP contribution is 2.59. The maximum absolute atomic E-state index is 12.7. The third-order valence-corrected chi connectivity index (χ3v) is 7.70. The number of aliphatic hydroxyl groups is 1. The monoisotopic (exact) mass is 451 g/mol. The first-order chi connectivity index (χ1) is 14.8. The summed E-state index contributed by atoms with van der Waals surface area (Å²) in [6, 6.07) is 0.608. The van der Waals surface area contributed by atoms with Gasteiger partial charge in [0.1, 0.15) is 12.1 Å². The van der Waals surface area contributed by atoms with E-state index in [1.807, 2.05) is 0 Å². The number of nitrogens with zero attached hydrogens (tertiary/aromatic N) is 1. The van der Waals surface area contributed by atoms with Crippen molar-refractivity contribution in [3.63, 3.8) is 0 Å². The third kappa shape index (κ3) is 4.88. The second-order valence-electron chi connectivity index (χ2n) is 11.8. The molecule has 180 valence electrons. The summed E-state index contributed by atoms with van der Waals surface area (Å²) in [5.41, 5.74) is 3.09. The summed E-state index contributed by atoms with van der Waals surface area (Å²) in [6.07, 6.45) is 6.31. The van der Waals surface area contributed by atoms with Crippen molar-refractivity contribution in [2.24, 2.45) is 23.5 Å². The summed E-state index contributed by atoms with van der Waals surface area (Å²) >= 11 is 0. The normalized spacial score (nSPS) is 40.7. The van der Waals surface area contributed by atoms with Crippen LogP contribution in [0, 0.1) is 17.8 Å². The maximum Gasteiger partial charge on any atom is 0.411 e. The second-order valence-corrected chi connectivity index (χ2v) is 11.8. The number of primary amides is 1. The number of hydrogen-bond donors (Lipinski definition) is 4. The minimum absolute atomic E-state index is 0.0197. The number of carbonyl (C=O) groups excluding carboxylic acids is 2. The highest BCUT2D eigenvalue weighted by atomic mass is 16.6. The number of ether oxygens (including phenoxy) is 1. The summed E-state index contributed by atoms with van der Waals surface area (Å²) < 4.78 is 5.47. The van der Waals surface area contributed by atoms with Crippen LogP contribution < -0.4 is 11.1 Å². The van der Waals surface area contributed by atoms with Gasteiger partial charge in [-0.25, -0.2) is 4.79 Å². The number of amides is 2. The molecule has 6 aliphatic rings. The number of fused-ring (bicyclic) bond motifs is 1. The Kier molecular flexibility index (Phi) is 5.73. The molecule has 0 aromatic carbocycles. The number of piperidine rings is 1. The maximum atomic E-state index is 12.7. The quantitative estimate of drug-likeness (QED) is 0.509. The molecule has 0 aromatic heterocycles. The Labute approximate surface area is 189 Å². The molecule has 5 saturated carbocycles. The molecule has 6 rings (SSSR count). The molecule has 5 N–H and O–H groups in total. The van der Waals surface area contributed by atoms with E-state index in [-0.39, 0.29) is 18.5 Å². The Hall–Kier alpha value is -1.87. The Morgan fingerprint density at radius 2 is 1.72 bits per heavy atom. The molecule has 1 heterocycles. The van der Waals surface area contributed by atoms with Gasteiger partial charge in [-0.05, 0) is 89.9 Å². The van der Waals surface area contributed by atoms with Gasteiger partial charge in [-0.2, -0.15) is 0 Å². The molecular weight excluding hydrogens is 414 g/mol. The fourth-order valence-electron chi connectivity index (χ4n) is 6.90. The van der Waals surface area contributed by atoms with Crippen molar-refractivity contribution in [2.45, 2.75) is 101 Å². The van der Waals surface area contributed by atoms with Crippen molar-refractivity contribution in [3.05, 3.63) is 0 Å². The summed E-state index contributed by atoms with van der Waals surface area (Å²) in [7, 11) is 0. The molecule has 5 aliphatic carbocycles. The van der Waals surface area contributed by atoms with E-state index in [9.17, 15) is 24.6 Å². The lowest BCUT2D eigenvalue weighted by atomic mass is 9.50. The molecular formula is C23H37N3O6. The van der Waals surface area contributed by atoms with Crippen molar-refractivity contribution < 1.29 is 29.3 Å². The van der Waals surface area contributed by atoms with E-state index in [0.717, 1.165) is 44.4 Å². The van der Waals surface area contributed by atoms with Gasteiger partial charge >= 0.3 is 12.1 Å². The molecule has 9 nitrogen and oxygen atoms in total. The van der Waals surface area contributed by atoms with Crippen LogP contribution in [0.15, 0.2) is 0 Å². The van der Waals surface area contributed by atoms with Crippen LogP contribution in [0.25, 0.3) is 0 Å². The number of hydrogen-bond acceptors (Lipinski definition) is 6. The van der Waals surface area contributed by atoms with Crippen LogP contribution in [0.3, 0.4) is 0 Å². The molecule has 1 saturated heterocycles. The Bertz CT molecular complexity index is 769. The minimum atomic E-state index is -1.04. The molecule has 32 heavy (non-hydrogen) atoms. The average Bonchev–Trinajstić information content (AvgIpc) is 3.21. The van der Waals surface area contributed by atoms with Crippen molar-refractivity contribution in [1.82, 2.24) is 10.2 Å². The van der Waals surface area contributed by atoms with E-state index in [1.54, 1.807) is 20.8 Å². The molecule has 0 spiro atoms. The molecule has 9 heteroatoms. The molecule has 0 radical (unpaired) electrons. The zero-order chi connectivity index (χ0) is 23.5. The first-order valence-corrected chi connectivity index (χ1v) is 11.8. The summed E-state index contributed by atoms with van der Waals surface area (Å²) in [5.74, 6) is 0.281. The molecule has 5 atom stereocenters. The van der Waals surface area contributed by atoms with E-state index >= 15 is 0 Å². The van der Waals surface area contributed by atoms with E-state index in [1.165, 1.54) is 11.3 Å². The lowest BCUT2D eigenvalue weighted by Crippen LogP contribution is -2.67. The lowest BCUT2D eigenvalue weighted by Gasteiger charge is -2.62. The first-order valence-electron chi connectivity index (χ1n) is 11.8. The van der Waals surface area contributed by atoms with E-state index in [4.69, 9.17) is 10.5 Å². The van der Waals surface area contributed by atoms with Gasteiger partial charge in [0, 0.05) is 6.04 Å². The molecule has 2 amide bonds. The van der Waals surface area contributed by atoms with E-state index in [2.05, 4.69) is 5.32 Å². The fourth-order valence-corrected chi connectivity index (χ4v) is 6.90. The predicted octanol–water partition coefficient (Wildman–Crippen LogP) is 1.61. The van der Waals surface area contributed by atoms with Crippen molar-refractivity contribution in [1.29, 1.82) is 0 Å². The second kappa shape index (κ2) is 7.87. The zero-order valence-corrected chi connectivity index (χ0v) is 19.3. The van der Waals surface area contributed by atoms with Gasteiger partial charge in [0.2, 0.25) is 5.91 Å². The Balaban J connectivity index is 0.000000225. The number of aliphatic carboxylic acids is 1. The number of nitrogens with two attached hydrogens (primary N) is 1. The van der Waals surface area contributed by atoms with Crippen LogP contribution in [0.2, 0.25) is 0 Å². The Morgan fingerprint density at radius 1 is 1.09 bits per heavy atom. The number of rotatable bonds is 4. The summed E-state index contributed by atoms with van der Waals surface area (Å²) in [6.45, 7) is 4.95. The molecule has 4 bridgehead atoms. The molecule has 6 fully saturated rings. The van der Waals surface area contributed by atoms with Crippen LogP contribution in [0.4, 0.5) is 4.79 Å². The summed E-state index contributed by atoms with van der Waals surface area (Å²) in [5, 5.41) is 23.3. The highest BCUT2D eigenvalue weighted by molar-refractivity contribution is 5.80. The van der Waals surface area contributed by atoms with Crippen molar-refractivity contribution in [3.8, 4) is 0 Å². The number of carboxylic acid groups (broad SMARTS) is 1. The standard InChI is InChI=1S/C17H27NO5.C6H10N2O/c1-15(2,3)23-14(21)18(9-13(19)20)16-5-11-4-12(6-16)8-17(22,7-11)10-16;7-6(9)5-2-3-1-4(3)8-5/h11-12,22H,4-10H2,1-3H3,(H,19,20);3-5,8H,1-2H2,(H2,7,9)/t;3?,4?,5-/m.0/s1. The number of carboxylic acids is 1. The topological polar surface area (TPSA) is 142 Å². The van der Waals surface area contributed by atoms with Gasteiger partial charge in [0.15, 0.2) is 0 Å².